The summed E-state index contributed by atoms with van der Waals surface area (Å²) in [6.45, 7) is 6.42. The number of hydrogen-bond acceptors (Lipinski definition) is 6. The van der Waals surface area contributed by atoms with Gasteiger partial charge >= 0.3 is 5.97 Å². The normalized spacial score (nSPS) is 11.7. The van der Waals surface area contributed by atoms with Gasteiger partial charge in [-0.2, -0.15) is 0 Å². The number of halogens is 1. The summed E-state index contributed by atoms with van der Waals surface area (Å²) in [5.74, 6) is -0.673. The van der Waals surface area contributed by atoms with Crippen LogP contribution < -0.4 is 5.56 Å². The van der Waals surface area contributed by atoms with E-state index in [9.17, 15) is 14.4 Å². The number of likely N-dealkylation sites (N-methyl/N-ethyl adjacent to an activating group) is 1. The van der Waals surface area contributed by atoms with Crippen LogP contribution in [0.1, 0.15) is 27.2 Å². The lowest BCUT2D eigenvalue weighted by atomic mass is 10.2. The lowest BCUT2D eigenvalue weighted by Gasteiger charge is -2.26. The zero-order valence-electron chi connectivity index (χ0n) is 18.1. The largest absolute Gasteiger partial charge is 0.459 e. The fraction of sp³-hybridized carbons (Fsp3) is 0.524. The molecule has 1 aromatic carbocycles. The first-order chi connectivity index (χ1) is 14.0. The molecular weight excluding hydrogens is 452 g/mol. The predicted octanol–water partition coefficient (Wildman–Crippen LogP) is 2.28. The minimum absolute atomic E-state index is 0.0807. The standard InChI is InChI=1S/C21H29BrN4O4/c1-21(2,3)30-19(28)13-25(11-10-24(4)5)18(27)8-9-26-14-23-17-7-6-15(22)12-16(17)20(26)29/h6-7,12,14H,8-11,13H2,1-5H3. The number of carbonyl (C=O) groups is 2. The van der Waals surface area contributed by atoms with Crippen LogP contribution >= 0.6 is 15.9 Å². The van der Waals surface area contributed by atoms with E-state index in [0.29, 0.717) is 24.0 Å². The molecular formula is C21H29BrN4O4. The lowest BCUT2D eigenvalue weighted by Crippen LogP contribution is -2.42. The Kier molecular flexibility index (Phi) is 8.14. The number of aromatic nitrogens is 2. The molecule has 0 aliphatic heterocycles. The second kappa shape index (κ2) is 10.2. The van der Waals surface area contributed by atoms with Gasteiger partial charge in [-0.3, -0.25) is 19.0 Å². The van der Waals surface area contributed by atoms with Gasteiger partial charge in [0.25, 0.3) is 5.56 Å². The Morgan fingerprint density at radius 2 is 1.90 bits per heavy atom. The van der Waals surface area contributed by atoms with Gasteiger partial charge in [0.2, 0.25) is 5.91 Å². The van der Waals surface area contributed by atoms with Crippen molar-refractivity contribution in [1.29, 1.82) is 0 Å². The fourth-order valence-electron chi connectivity index (χ4n) is 2.81. The van der Waals surface area contributed by atoms with Crippen molar-refractivity contribution >= 4 is 38.7 Å². The van der Waals surface area contributed by atoms with E-state index in [4.69, 9.17) is 4.74 Å². The Hall–Kier alpha value is -2.26. The number of carbonyl (C=O) groups excluding carboxylic acids is 2. The van der Waals surface area contributed by atoms with E-state index in [-0.39, 0.29) is 31.0 Å². The SMILES string of the molecule is CN(C)CCN(CC(=O)OC(C)(C)C)C(=O)CCn1cnc2ccc(Br)cc2c1=O. The van der Waals surface area contributed by atoms with Gasteiger partial charge in [0.1, 0.15) is 12.1 Å². The van der Waals surface area contributed by atoms with Crippen molar-refractivity contribution in [2.24, 2.45) is 0 Å². The van der Waals surface area contributed by atoms with Gasteiger partial charge in [-0.05, 0) is 53.1 Å². The highest BCUT2D eigenvalue weighted by molar-refractivity contribution is 9.10. The van der Waals surface area contributed by atoms with Gasteiger partial charge in [0.15, 0.2) is 0 Å². The number of amides is 1. The molecule has 0 fully saturated rings. The van der Waals surface area contributed by atoms with E-state index in [1.54, 1.807) is 32.9 Å². The molecule has 30 heavy (non-hydrogen) atoms. The number of nitrogens with zero attached hydrogens (tertiary/aromatic N) is 4. The van der Waals surface area contributed by atoms with Crippen molar-refractivity contribution in [3.8, 4) is 0 Å². The summed E-state index contributed by atoms with van der Waals surface area (Å²) < 4.78 is 7.56. The van der Waals surface area contributed by atoms with Crippen molar-refractivity contribution < 1.29 is 14.3 Å². The minimum Gasteiger partial charge on any atom is -0.459 e. The maximum atomic E-state index is 12.8. The monoisotopic (exact) mass is 480 g/mol. The molecule has 1 heterocycles. The maximum absolute atomic E-state index is 12.8. The number of hydrogen-bond donors (Lipinski definition) is 0. The van der Waals surface area contributed by atoms with E-state index in [1.165, 1.54) is 15.8 Å². The number of benzene rings is 1. The van der Waals surface area contributed by atoms with Gasteiger partial charge in [-0.1, -0.05) is 15.9 Å². The molecule has 1 amide bonds. The first-order valence-electron chi connectivity index (χ1n) is 9.75. The third kappa shape index (κ3) is 7.21. The van der Waals surface area contributed by atoms with Crippen LogP contribution in [-0.2, 0) is 20.9 Å². The third-order valence-electron chi connectivity index (χ3n) is 4.26. The molecule has 1 aromatic heterocycles. The van der Waals surface area contributed by atoms with Crippen LogP contribution in [-0.4, -0.2) is 70.6 Å². The van der Waals surface area contributed by atoms with Crippen LogP contribution in [0.4, 0.5) is 0 Å². The Morgan fingerprint density at radius 3 is 2.53 bits per heavy atom. The van der Waals surface area contributed by atoms with Gasteiger partial charge in [-0.15, -0.1) is 0 Å². The molecule has 0 radical (unpaired) electrons. The van der Waals surface area contributed by atoms with E-state index in [1.807, 2.05) is 25.1 Å². The Balaban J connectivity index is 2.10. The summed E-state index contributed by atoms with van der Waals surface area (Å²) in [7, 11) is 3.79. The van der Waals surface area contributed by atoms with Crippen LogP contribution in [0, 0.1) is 0 Å². The number of aryl methyl sites for hydroxylation is 1. The zero-order chi connectivity index (χ0) is 22.5. The molecule has 0 spiro atoms. The highest BCUT2D eigenvalue weighted by Gasteiger charge is 2.22. The summed E-state index contributed by atoms with van der Waals surface area (Å²) in [5, 5.41) is 0.484. The number of esters is 1. The average Bonchev–Trinajstić information content (AvgIpc) is 2.63. The Bertz CT molecular complexity index is 966. The van der Waals surface area contributed by atoms with E-state index in [2.05, 4.69) is 20.9 Å². The van der Waals surface area contributed by atoms with Gasteiger partial charge in [-0.25, -0.2) is 4.98 Å². The maximum Gasteiger partial charge on any atom is 0.326 e. The van der Waals surface area contributed by atoms with E-state index < -0.39 is 11.6 Å². The van der Waals surface area contributed by atoms with Gasteiger partial charge in [0, 0.05) is 30.5 Å². The second-order valence-corrected chi connectivity index (χ2v) is 9.28. The summed E-state index contributed by atoms with van der Waals surface area (Å²) in [6.07, 6.45) is 1.53. The smallest absolute Gasteiger partial charge is 0.326 e. The molecule has 0 saturated heterocycles. The molecule has 0 unspecified atom stereocenters. The number of fused-ring (bicyclic) bond motifs is 1. The molecule has 2 aromatic rings. The molecule has 0 atom stereocenters. The van der Waals surface area contributed by atoms with Crippen molar-refractivity contribution in [3.63, 3.8) is 0 Å². The summed E-state index contributed by atoms with van der Waals surface area (Å²) in [5.41, 5.74) is -0.226. The molecule has 0 aliphatic carbocycles. The van der Waals surface area contributed by atoms with Crippen LogP contribution in [0.3, 0.4) is 0 Å². The second-order valence-electron chi connectivity index (χ2n) is 8.36. The third-order valence-corrected chi connectivity index (χ3v) is 4.76. The van der Waals surface area contributed by atoms with Crippen LogP contribution in [0.2, 0.25) is 0 Å². The van der Waals surface area contributed by atoms with Crippen molar-refractivity contribution in [1.82, 2.24) is 19.4 Å². The molecule has 8 nitrogen and oxygen atoms in total. The Labute approximate surface area is 184 Å². The molecule has 0 bridgehead atoms. The summed E-state index contributed by atoms with van der Waals surface area (Å²) >= 11 is 3.36. The number of rotatable bonds is 8. The topological polar surface area (TPSA) is 84.7 Å². The molecule has 164 valence electrons. The Morgan fingerprint density at radius 1 is 1.20 bits per heavy atom. The summed E-state index contributed by atoms with van der Waals surface area (Å²) in [4.78, 5) is 45.5. The summed E-state index contributed by atoms with van der Waals surface area (Å²) in [6, 6.07) is 5.30. The highest BCUT2D eigenvalue weighted by atomic mass is 79.9. The zero-order valence-corrected chi connectivity index (χ0v) is 19.7. The van der Waals surface area contributed by atoms with Crippen LogP contribution in [0.5, 0.6) is 0 Å². The lowest BCUT2D eigenvalue weighted by molar-refractivity contribution is -0.159. The minimum atomic E-state index is -0.619. The molecule has 2 rings (SSSR count). The first kappa shape index (κ1) is 24.0. The average molecular weight is 481 g/mol. The molecule has 0 aliphatic rings. The fourth-order valence-corrected chi connectivity index (χ4v) is 3.17. The predicted molar refractivity (Wildman–Crippen MR) is 119 cm³/mol. The first-order valence-corrected chi connectivity index (χ1v) is 10.5. The van der Waals surface area contributed by atoms with Crippen molar-refractivity contribution in [3.05, 3.63) is 39.4 Å². The molecule has 0 N–H and O–H groups in total. The van der Waals surface area contributed by atoms with E-state index in [0.717, 1.165) is 4.47 Å². The van der Waals surface area contributed by atoms with Crippen molar-refractivity contribution in [2.75, 3.05) is 33.7 Å². The van der Waals surface area contributed by atoms with Gasteiger partial charge < -0.3 is 14.5 Å². The van der Waals surface area contributed by atoms with Crippen LogP contribution in [0.15, 0.2) is 33.8 Å². The van der Waals surface area contributed by atoms with Gasteiger partial charge in [0.05, 0.1) is 17.2 Å². The van der Waals surface area contributed by atoms with Crippen LogP contribution in [0.25, 0.3) is 10.9 Å². The molecule has 0 saturated carbocycles. The van der Waals surface area contributed by atoms with E-state index >= 15 is 0 Å². The van der Waals surface area contributed by atoms with Crippen molar-refractivity contribution in [2.45, 2.75) is 39.3 Å². The highest BCUT2D eigenvalue weighted by Crippen LogP contribution is 2.15. The number of ether oxygens (including phenoxy) is 1. The quantitative estimate of drug-likeness (QED) is 0.538. The molecule has 9 heteroatoms.